The van der Waals surface area contributed by atoms with E-state index in [-0.39, 0.29) is 31.2 Å². The molecule has 0 aromatic heterocycles. The van der Waals surface area contributed by atoms with Gasteiger partial charge in [0.15, 0.2) is 11.6 Å². The largest absolute Gasteiger partial charge is 0.494 e. The lowest BCUT2D eigenvalue weighted by molar-refractivity contribution is -0.130. The molecule has 262 valence electrons. The zero-order chi connectivity index (χ0) is 35.9. The summed E-state index contributed by atoms with van der Waals surface area (Å²) in [6.07, 6.45) is 0.0729. The second-order valence-electron chi connectivity index (χ2n) is 11.5. The lowest BCUT2D eigenvalue weighted by atomic mass is 9.80. The third-order valence-electron chi connectivity index (χ3n) is 8.28. The number of carbonyl (C=O) groups excluding carboxylic acids is 1. The van der Waals surface area contributed by atoms with Crippen molar-refractivity contribution in [1.82, 2.24) is 10.9 Å². The summed E-state index contributed by atoms with van der Waals surface area (Å²) in [5.74, 6) is 1.09. The molecule has 0 fully saturated rings. The highest BCUT2D eigenvalue weighted by atomic mass is 16.5. The van der Waals surface area contributed by atoms with Gasteiger partial charge in [0.2, 0.25) is 5.90 Å². The first kappa shape index (κ1) is 36.2. The van der Waals surface area contributed by atoms with E-state index in [0.717, 1.165) is 22.4 Å². The van der Waals surface area contributed by atoms with Gasteiger partial charge in [-0.25, -0.2) is 10.4 Å². The van der Waals surface area contributed by atoms with Gasteiger partial charge >= 0.3 is 0 Å². The van der Waals surface area contributed by atoms with Gasteiger partial charge in [0.25, 0.3) is 5.91 Å². The van der Waals surface area contributed by atoms with Gasteiger partial charge < -0.3 is 19.3 Å². The maximum atomic E-state index is 14.7. The van der Waals surface area contributed by atoms with Gasteiger partial charge in [0, 0.05) is 52.6 Å². The zero-order valence-electron chi connectivity index (χ0n) is 28.2. The standard InChI is InChI=1S/C37H39N9O5/c1-2-49-33-15-8-5-10-26(33)20-21-40-44-36(48)37(24-28-11-3-4-12-29(28)25-41-45-38)34(31-13-6-7-14-32(31)43-46-39)51-35(42-37)27-16-18-30(19-17-27)50-23-9-22-47/h3-8,10-19,34,40,47H,2,9,20-25H2,1H3,(H,44,48)/t34-,37-/m0/s1. The van der Waals surface area contributed by atoms with E-state index in [0.29, 0.717) is 49.5 Å². The molecular formula is C37H39N9O5. The molecule has 0 aliphatic carbocycles. The number of aliphatic hydroxyl groups excluding tert-OH is 1. The summed E-state index contributed by atoms with van der Waals surface area (Å²) in [6, 6.07) is 29.1. The third-order valence-corrected chi connectivity index (χ3v) is 8.28. The summed E-state index contributed by atoms with van der Waals surface area (Å²) in [6.45, 7) is 3.28. The topological polar surface area (TPSA) is 199 Å². The van der Waals surface area contributed by atoms with Crippen LogP contribution in [-0.2, 0) is 28.9 Å². The Bertz CT molecular complexity index is 1920. The molecule has 51 heavy (non-hydrogen) atoms. The van der Waals surface area contributed by atoms with Gasteiger partial charge in [-0.2, -0.15) is 0 Å². The number of ether oxygens (including phenoxy) is 3. The third kappa shape index (κ3) is 8.96. The molecule has 2 atom stereocenters. The van der Waals surface area contributed by atoms with Crippen molar-refractivity contribution in [2.24, 2.45) is 15.2 Å². The molecule has 14 heteroatoms. The minimum atomic E-state index is -1.63. The van der Waals surface area contributed by atoms with Crippen LogP contribution in [0.2, 0.25) is 0 Å². The van der Waals surface area contributed by atoms with E-state index >= 15 is 0 Å². The molecule has 0 radical (unpaired) electrons. The Morgan fingerprint density at radius 1 is 0.941 bits per heavy atom. The number of carbonyl (C=O) groups is 1. The lowest BCUT2D eigenvalue weighted by Gasteiger charge is -2.32. The van der Waals surface area contributed by atoms with Gasteiger partial charge in [0.1, 0.15) is 11.5 Å². The summed E-state index contributed by atoms with van der Waals surface area (Å²) in [5.41, 5.74) is 26.6. The number of para-hydroxylation sites is 1. The number of benzene rings is 4. The SMILES string of the molecule is CCOc1ccccc1CCNNC(=O)[C@@]1(Cc2ccccc2CN=[N+]=[N-])N=C(c2ccc(OCCCO)cc2)O[C@H]1c1ccccc1N=[N+]=[N-]. The molecule has 0 saturated carbocycles. The van der Waals surface area contributed by atoms with Crippen LogP contribution in [0.15, 0.2) is 112 Å². The Morgan fingerprint density at radius 3 is 2.41 bits per heavy atom. The maximum absolute atomic E-state index is 14.7. The first-order chi connectivity index (χ1) is 25.0. The van der Waals surface area contributed by atoms with Gasteiger partial charge in [0.05, 0.1) is 19.8 Å². The van der Waals surface area contributed by atoms with Crippen LogP contribution in [-0.4, -0.2) is 48.8 Å². The van der Waals surface area contributed by atoms with Crippen LogP contribution >= 0.6 is 0 Å². The molecule has 0 saturated heterocycles. The van der Waals surface area contributed by atoms with Crippen LogP contribution in [0.4, 0.5) is 5.69 Å². The van der Waals surface area contributed by atoms with E-state index < -0.39 is 17.6 Å². The Labute approximate surface area is 295 Å². The quantitative estimate of drug-likeness (QED) is 0.0331. The molecule has 0 bridgehead atoms. The van der Waals surface area contributed by atoms with Crippen molar-refractivity contribution in [3.05, 3.63) is 146 Å². The Morgan fingerprint density at radius 2 is 1.67 bits per heavy atom. The van der Waals surface area contributed by atoms with Crippen LogP contribution in [0.25, 0.3) is 20.9 Å². The van der Waals surface area contributed by atoms with Crippen LogP contribution < -0.4 is 20.3 Å². The van der Waals surface area contributed by atoms with Gasteiger partial charge in [-0.3, -0.25) is 10.2 Å². The fourth-order valence-electron chi connectivity index (χ4n) is 5.84. The summed E-state index contributed by atoms with van der Waals surface area (Å²) in [5, 5.41) is 16.8. The number of nitrogens with one attached hydrogen (secondary N) is 2. The number of hydrogen-bond donors (Lipinski definition) is 3. The minimum Gasteiger partial charge on any atom is -0.494 e. The molecule has 14 nitrogen and oxygen atoms in total. The number of azide groups is 2. The molecule has 1 aliphatic heterocycles. The van der Waals surface area contributed by atoms with Crippen molar-refractivity contribution < 1.29 is 24.1 Å². The first-order valence-corrected chi connectivity index (χ1v) is 16.6. The Balaban J connectivity index is 1.56. The average molecular weight is 690 g/mol. The Hall–Kier alpha value is -6.04. The number of nitrogens with zero attached hydrogens (tertiary/aromatic N) is 7. The first-order valence-electron chi connectivity index (χ1n) is 16.6. The van der Waals surface area contributed by atoms with Crippen LogP contribution in [0, 0.1) is 0 Å². The number of aliphatic hydroxyl groups is 1. The van der Waals surface area contributed by atoms with Crippen LogP contribution in [0.1, 0.15) is 47.3 Å². The molecule has 1 heterocycles. The number of aliphatic imine (C=N–C) groups is 1. The van der Waals surface area contributed by atoms with Crippen molar-refractivity contribution in [2.45, 2.75) is 44.4 Å². The van der Waals surface area contributed by atoms with E-state index in [9.17, 15) is 10.3 Å². The fourth-order valence-corrected chi connectivity index (χ4v) is 5.84. The highest BCUT2D eigenvalue weighted by molar-refractivity contribution is 6.01. The van der Waals surface area contributed by atoms with Crippen molar-refractivity contribution in [3.63, 3.8) is 0 Å². The monoisotopic (exact) mass is 689 g/mol. The zero-order valence-corrected chi connectivity index (χ0v) is 28.2. The van der Waals surface area contributed by atoms with Crippen molar-refractivity contribution >= 4 is 17.5 Å². The van der Waals surface area contributed by atoms with Gasteiger partial charge in [-0.15, -0.1) is 0 Å². The maximum Gasteiger partial charge on any atom is 0.266 e. The van der Waals surface area contributed by atoms with Crippen molar-refractivity contribution in [3.8, 4) is 11.5 Å². The van der Waals surface area contributed by atoms with E-state index in [1.54, 1.807) is 48.5 Å². The van der Waals surface area contributed by atoms with Crippen molar-refractivity contribution in [1.29, 1.82) is 0 Å². The smallest absolute Gasteiger partial charge is 0.266 e. The number of hydrogen-bond acceptors (Lipinski definition) is 9. The molecule has 1 aliphatic rings. The van der Waals surface area contributed by atoms with E-state index in [4.69, 9.17) is 29.8 Å². The minimum absolute atomic E-state index is 0.0208. The molecule has 5 rings (SSSR count). The number of rotatable bonds is 18. The van der Waals surface area contributed by atoms with Gasteiger partial charge in [-0.05, 0) is 71.4 Å². The van der Waals surface area contributed by atoms with Crippen LogP contribution in [0.5, 0.6) is 11.5 Å². The lowest BCUT2D eigenvalue weighted by Crippen LogP contribution is -2.54. The molecule has 4 aromatic rings. The predicted octanol–water partition coefficient (Wildman–Crippen LogP) is 6.96. The number of amides is 1. The molecule has 3 N–H and O–H groups in total. The summed E-state index contributed by atoms with van der Waals surface area (Å²) >= 11 is 0. The average Bonchev–Trinajstić information content (AvgIpc) is 3.54. The van der Waals surface area contributed by atoms with E-state index in [1.807, 2.05) is 55.5 Å². The summed E-state index contributed by atoms with van der Waals surface area (Å²) in [7, 11) is 0. The Kier molecular flexibility index (Phi) is 12.9. The second kappa shape index (κ2) is 18.1. The van der Waals surface area contributed by atoms with Crippen LogP contribution in [0.3, 0.4) is 0 Å². The molecular weight excluding hydrogens is 650 g/mol. The van der Waals surface area contributed by atoms with Gasteiger partial charge in [-0.1, -0.05) is 77.0 Å². The molecule has 0 spiro atoms. The highest BCUT2D eigenvalue weighted by Crippen LogP contribution is 2.45. The molecule has 4 aromatic carbocycles. The fraction of sp³-hybridized carbons (Fsp3) is 0.297. The highest BCUT2D eigenvalue weighted by Gasteiger charge is 2.54. The molecule has 1 amide bonds. The summed E-state index contributed by atoms with van der Waals surface area (Å²) in [4.78, 5) is 25.7. The van der Waals surface area contributed by atoms with E-state index in [2.05, 4.69) is 30.9 Å². The van der Waals surface area contributed by atoms with E-state index in [1.165, 1.54) is 0 Å². The summed E-state index contributed by atoms with van der Waals surface area (Å²) < 4.78 is 18.1. The normalized spacial score (nSPS) is 16.2. The second-order valence-corrected chi connectivity index (χ2v) is 11.5. The predicted molar refractivity (Wildman–Crippen MR) is 192 cm³/mol. The van der Waals surface area contributed by atoms with Crippen molar-refractivity contribution in [2.75, 3.05) is 26.4 Å². The number of hydrazine groups is 1. The molecule has 0 unspecified atom stereocenters.